The fourth-order valence-corrected chi connectivity index (χ4v) is 12.1. The van der Waals surface area contributed by atoms with Crippen molar-refractivity contribution in [2.24, 2.45) is 0 Å². The monoisotopic (exact) mass is 278 g/mol. The van der Waals surface area contributed by atoms with Gasteiger partial charge in [0.1, 0.15) is 0 Å². The van der Waals surface area contributed by atoms with E-state index in [1.807, 2.05) is 0 Å². The largest absolute Gasteiger partial charge is 0.296 e. The lowest BCUT2D eigenvalue weighted by atomic mass is 10.1. The van der Waals surface area contributed by atoms with Gasteiger partial charge in [0.15, 0.2) is 0 Å². The summed E-state index contributed by atoms with van der Waals surface area (Å²) in [5, 5.41) is 1.30. The molecule has 0 amide bonds. The molecule has 1 aliphatic rings. The van der Waals surface area contributed by atoms with E-state index in [1.54, 1.807) is 22.8 Å². The summed E-state index contributed by atoms with van der Waals surface area (Å²) >= 11 is 3.43. The summed E-state index contributed by atoms with van der Waals surface area (Å²) in [6, 6.07) is 0. The Balaban J connectivity index is 2.90. The molecule has 4 heteroatoms. The van der Waals surface area contributed by atoms with E-state index in [0.29, 0.717) is 0 Å². The maximum absolute atomic E-state index is 12.8. The molecule has 0 atom stereocenters. The van der Waals surface area contributed by atoms with Gasteiger partial charge in [-0.25, -0.2) is 0 Å². The first-order valence-electron chi connectivity index (χ1n) is 6.28. The predicted octanol–water partition coefficient (Wildman–Crippen LogP) is 5.92. The normalized spacial score (nSPS) is 20.9. The molecule has 0 aromatic carbocycles. The van der Waals surface area contributed by atoms with Crippen molar-refractivity contribution >= 4 is 28.3 Å². The van der Waals surface area contributed by atoms with Crippen LogP contribution >= 0.6 is 28.3 Å². The zero-order chi connectivity index (χ0) is 12.0. The Morgan fingerprint density at radius 2 is 1.75 bits per heavy atom. The Morgan fingerprint density at radius 3 is 2.19 bits per heavy atom. The highest BCUT2D eigenvalue weighted by Gasteiger charge is 2.33. The maximum atomic E-state index is 12.8. The average molecular weight is 278 g/mol. The van der Waals surface area contributed by atoms with E-state index >= 15 is 0 Å². The summed E-state index contributed by atoms with van der Waals surface area (Å²) in [7, 11) is 0. The van der Waals surface area contributed by atoms with E-state index in [-0.39, 0.29) is 0 Å². The standard InChI is InChI=1S/C12H23OPS2/c1-4-7-8-11(5-2)12(6-3)14(13)15-9-10-16-14/h4-10H2,1-3H3/b12-11+. The highest BCUT2D eigenvalue weighted by molar-refractivity contribution is 8.93. The minimum absolute atomic E-state index is 0.976. The number of allylic oxidation sites excluding steroid dienone is 2. The Labute approximate surface area is 108 Å². The highest BCUT2D eigenvalue weighted by atomic mass is 33.1. The molecule has 1 aliphatic heterocycles. The smallest absolute Gasteiger partial charge is 0.215 e. The lowest BCUT2D eigenvalue weighted by Gasteiger charge is -2.18. The highest BCUT2D eigenvalue weighted by Crippen LogP contribution is 2.79. The van der Waals surface area contributed by atoms with Crippen molar-refractivity contribution in [3.05, 3.63) is 10.9 Å². The molecule has 0 aromatic heterocycles. The minimum atomic E-state index is -2.08. The van der Waals surface area contributed by atoms with Gasteiger partial charge in [0.2, 0.25) is 5.55 Å². The van der Waals surface area contributed by atoms with E-state index in [0.717, 1.165) is 30.8 Å². The van der Waals surface area contributed by atoms with E-state index in [4.69, 9.17) is 0 Å². The molecular formula is C12H23OPS2. The fourth-order valence-electron chi connectivity index (χ4n) is 2.06. The van der Waals surface area contributed by atoms with Gasteiger partial charge in [0, 0.05) is 16.8 Å². The van der Waals surface area contributed by atoms with Crippen molar-refractivity contribution in [3.63, 3.8) is 0 Å². The SMILES string of the molecule is CCCC/C(CC)=C(\CC)P1(=O)SCCS1. The summed E-state index contributed by atoms with van der Waals surface area (Å²) < 4.78 is 12.8. The number of hydrogen-bond donors (Lipinski definition) is 0. The number of rotatable bonds is 6. The first-order chi connectivity index (χ1) is 7.68. The molecule has 0 spiro atoms. The summed E-state index contributed by atoms with van der Waals surface area (Å²) in [6.45, 7) is 6.59. The van der Waals surface area contributed by atoms with Crippen LogP contribution in [0.1, 0.15) is 52.9 Å². The molecule has 0 radical (unpaired) electrons. The van der Waals surface area contributed by atoms with Gasteiger partial charge in [0.25, 0.3) is 0 Å². The van der Waals surface area contributed by atoms with Crippen LogP contribution in [0.3, 0.4) is 0 Å². The average Bonchev–Trinajstić information content (AvgIpc) is 2.72. The van der Waals surface area contributed by atoms with Crippen LogP contribution in [0.25, 0.3) is 0 Å². The van der Waals surface area contributed by atoms with Gasteiger partial charge in [-0.2, -0.15) is 0 Å². The molecule has 0 N–H and O–H groups in total. The van der Waals surface area contributed by atoms with Gasteiger partial charge >= 0.3 is 0 Å². The third-order valence-electron chi connectivity index (χ3n) is 2.94. The van der Waals surface area contributed by atoms with Crippen molar-refractivity contribution < 1.29 is 4.57 Å². The maximum Gasteiger partial charge on any atom is 0.215 e. The van der Waals surface area contributed by atoms with E-state index < -0.39 is 5.55 Å². The van der Waals surface area contributed by atoms with Crippen molar-refractivity contribution in [1.82, 2.24) is 0 Å². The Kier molecular flexibility index (Phi) is 6.61. The molecule has 94 valence electrons. The zero-order valence-electron chi connectivity index (χ0n) is 10.6. The molecule has 16 heavy (non-hydrogen) atoms. The number of unbranched alkanes of at least 4 members (excludes halogenated alkanes) is 1. The summed E-state index contributed by atoms with van der Waals surface area (Å²) in [5.41, 5.74) is -0.599. The van der Waals surface area contributed by atoms with E-state index in [9.17, 15) is 4.57 Å². The quantitative estimate of drug-likeness (QED) is 0.561. The third kappa shape index (κ3) is 3.58. The fraction of sp³-hybridized carbons (Fsp3) is 0.833. The van der Waals surface area contributed by atoms with Crippen LogP contribution in [0.2, 0.25) is 0 Å². The second kappa shape index (κ2) is 7.18. The molecular weight excluding hydrogens is 255 g/mol. The van der Waals surface area contributed by atoms with Gasteiger partial charge in [-0.15, -0.1) is 0 Å². The molecule has 0 bridgehead atoms. The molecule has 1 rings (SSSR count). The van der Waals surface area contributed by atoms with Crippen LogP contribution in [-0.2, 0) is 4.57 Å². The molecule has 0 aromatic rings. The molecule has 1 heterocycles. The molecule has 1 nitrogen and oxygen atoms in total. The minimum Gasteiger partial charge on any atom is -0.296 e. The zero-order valence-corrected chi connectivity index (χ0v) is 13.1. The molecule has 0 unspecified atom stereocenters. The van der Waals surface area contributed by atoms with Crippen molar-refractivity contribution in [1.29, 1.82) is 0 Å². The molecule has 0 saturated carbocycles. The van der Waals surface area contributed by atoms with Crippen LogP contribution < -0.4 is 0 Å². The second-order valence-corrected chi connectivity index (χ2v) is 12.2. The van der Waals surface area contributed by atoms with Gasteiger partial charge in [-0.05, 0) is 25.7 Å². The summed E-state index contributed by atoms with van der Waals surface area (Å²) in [5.74, 6) is 2.13. The van der Waals surface area contributed by atoms with Gasteiger partial charge in [-0.3, -0.25) is 4.57 Å². The van der Waals surface area contributed by atoms with E-state index in [1.165, 1.54) is 23.7 Å². The summed E-state index contributed by atoms with van der Waals surface area (Å²) in [6.07, 6.45) is 5.67. The Bertz CT molecular complexity index is 289. The second-order valence-electron chi connectivity index (χ2n) is 4.02. The van der Waals surface area contributed by atoms with Crippen LogP contribution in [-0.4, -0.2) is 11.5 Å². The Hall–Kier alpha value is 0.670. The Morgan fingerprint density at radius 1 is 1.12 bits per heavy atom. The first-order valence-corrected chi connectivity index (χ1v) is 11.2. The molecule has 1 fully saturated rings. The molecule has 1 saturated heterocycles. The topological polar surface area (TPSA) is 17.1 Å². The lowest BCUT2D eigenvalue weighted by molar-refractivity contribution is 0.595. The van der Waals surface area contributed by atoms with Gasteiger partial charge in [-0.1, -0.05) is 55.5 Å². The number of hydrogen-bond acceptors (Lipinski definition) is 3. The molecule has 0 aliphatic carbocycles. The first kappa shape index (κ1) is 14.7. The van der Waals surface area contributed by atoms with Crippen molar-refractivity contribution in [2.45, 2.75) is 52.9 Å². The van der Waals surface area contributed by atoms with Crippen LogP contribution in [0.5, 0.6) is 0 Å². The van der Waals surface area contributed by atoms with Gasteiger partial charge < -0.3 is 0 Å². The van der Waals surface area contributed by atoms with Gasteiger partial charge in [0.05, 0.1) is 0 Å². The van der Waals surface area contributed by atoms with Crippen LogP contribution in [0.4, 0.5) is 0 Å². The van der Waals surface area contributed by atoms with Crippen LogP contribution in [0.15, 0.2) is 10.9 Å². The van der Waals surface area contributed by atoms with Crippen LogP contribution in [0, 0.1) is 0 Å². The van der Waals surface area contributed by atoms with Crippen molar-refractivity contribution in [2.75, 3.05) is 11.5 Å². The lowest BCUT2D eigenvalue weighted by Crippen LogP contribution is -1.90. The third-order valence-corrected chi connectivity index (χ3v) is 12.3. The predicted molar refractivity (Wildman–Crippen MR) is 79.7 cm³/mol. The van der Waals surface area contributed by atoms with E-state index in [2.05, 4.69) is 20.8 Å². The summed E-state index contributed by atoms with van der Waals surface area (Å²) in [4.78, 5) is 0. The van der Waals surface area contributed by atoms with Crippen molar-refractivity contribution in [3.8, 4) is 0 Å².